The molecule has 0 aliphatic carbocycles. The fourth-order valence-electron chi connectivity index (χ4n) is 1.78. The number of ether oxygens (including phenoxy) is 2. The molecule has 0 aliphatic rings. The minimum absolute atomic E-state index is 0.259. The molecular formula is C13H17N3O2S. The molecule has 0 aromatic carbocycles. The average molecular weight is 279 g/mol. The molecule has 0 saturated heterocycles. The lowest BCUT2D eigenvalue weighted by Gasteiger charge is -2.15. The fourth-order valence-corrected chi connectivity index (χ4v) is 2.54. The Hall–Kier alpha value is -1.66. The van der Waals surface area contributed by atoms with E-state index in [4.69, 9.17) is 9.47 Å². The van der Waals surface area contributed by atoms with Crippen LogP contribution in [0.2, 0.25) is 0 Å². The standard InChI is InChI=1S/C13H17N3O2S/c1-9(11-5-4-6-19-11)14-7-10-12(17-2)15-8-16-13(10)18-3/h4-6,8-9,14H,7H2,1-3H3/t9-/m0/s1. The van der Waals surface area contributed by atoms with E-state index >= 15 is 0 Å². The SMILES string of the molecule is COc1ncnc(OC)c1CN[C@@H](C)c1cccs1. The highest BCUT2D eigenvalue weighted by atomic mass is 32.1. The van der Waals surface area contributed by atoms with E-state index in [9.17, 15) is 0 Å². The highest BCUT2D eigenvalue weighted by Gasteiger charge is 2.14. The van der Waals surface area contributed by atoms with Gasteiger partial charge in [-0.2, -0.15) is 0 Å². The van der Waals surface area contributed by atoms with Gasteiger partial charge in [0.1, 0.15) is 6.33 Å². The van der Waals surface area contributed by atoms with E-state index in [1.165, 1.54) is 11.2 Å². The fraction of sp³-hybridized carbons (Fsp3) is 0.385. The number of hydrogen-bond acceptors (Lipinski definition) is 6. The normalized spacial score (nSPS) is 12.2. The Balaban J connectivity index is 2.10. The summed E-state index contributed by atoms with van der Waals surface area (Å²) in [5.74, 6) is 1.08. The summed E-state index contributed by atoms with van der Waals surface area (Å²) in [4.78, 5) is 9.48. The maximum Gasteiger partial charge on any atom is 0.224 e. The molecule has 0 fully saturated rings. The number of hydrogen-bond donors (Lipinski definition) is 1. The van der Waals surface area contributed by atoms with Crippen molar-refractivity contribution in [2.45, 2.75) is 19.5 Å². The van der Waals surface area contributed by atoms with E-state index < -0.39 is 0 Å². The molecule has 2 aromatic heterocycles. The summed E-state index contributed by atoms with van der Waals surface area (Å²) in [7, 11) is 3.18. The monoisotopic (exact) mass is 279 g/mol. The largest absolute Gasteiger partial charge is 0.481 e. The molecule has 1 atom stereocenters. The Labute approximate surface area is 116 Å². The van der Waals surface area contributed by atoms with Crippen LogP contribution in [-0.4, -0.2) is 24.2 Å². The summed E-state index contributed by atoms with van der Waals surface area (Å²) in [6.45, 7) is 2.71. The molecule has 2 aromatic rings. The number of thiophene rings is 1. The van der Waals surface area contributed by atoms with E-state index in [0.29, 0.717) is 18.3 Å². The van der Waals surface area contributed by atoms with Gasteiger partial charge in [0.05, 0.1) is 19.8 Å². The second kappa shape index (κ2) is 6.49. The van der Waals surface area contributed by atoms with Crippen LogP contribution in [0.15, 0.2) is 23.8 Å². The van der Waals surface area contributed by atoms with E-state index in [-0.39, 0.29) is 6.04 Å². The van der Waals surface area contributed by atoms with Gasteiger partial charge in [0.25, 0.3) is 0 Å². The summed E-state index contributed by atoms with van der Waals surface area (Å²) in [6.07, 6.45) is 1.43. The van der Waals surface area contributed by atoms with E-state index in [1.54, 1.807) is 25.6 Å². The molecule has 6 heteroatoms. The molecule has 102 valence electrons. The molecule has 2 rings (SSSR count). The van der Waals surface area contributed by atoms with E-state index in [2.05, 4.69) is 33.7 Å². The van der Waals surface area contributed by atoms with Crippen LogP contribution in [0.3, 0.4) is 0 Å². The molecule has 1 N–H and O–H groups in total. The quantitative estimate of drug-likeness (QED) is 0.880. The van der Waals surface area contributed by atoms with Gasteiger partial charge in [-0.3, -0.25) is 0 Å². The van der Waals surface area contributed by atoms with Crippen molar-refractivity contribution in [2.24, 2.45) is 0 Å². The van der Waals surface area contributed by atoms with E-state index in [1.807, 2.05) is 6.07 Å². The molecule has 0 unspecified atom stereocenters. The molecule has 2 heterocycles. The molecule has 0 aliphatic heterocycles. The second-order valence-corrected chi connectivity index (χ2v) is 4.97. The van der Waals surface area contributed by atoms with Crippen LogP contribution in [0.4, 0.5) is 0 Å². The Morgan fingerprint density at radius 1 is 1.26 bits per heavy atom. The predicted molar refractivity (Wildman–Crippen MR) is 74.7 cm³/mol. The topological polar surface area (TPSA) is 56.3 Å². The van der Waals surface area contributed by atoms with Gasteiger partial charge in [-0.15, -0.1) is 11.3 Å². The first-order valence-electron chi connectivity index (χ1n) is 5.95. The van der Waals surface area contributed by atoms with Crippen LogP contribution < -0.4 is 14.8 Å². The second-order valence-electron chi connectivity index (χ2n) is 3.99. The molecular weight excluding hydrogens is 262 g/mol. The van der Waals surface area contributed by atoms with Gasteiger partial charge in [-0.25, -0.2) is 9.97 Å². The number of nitrogens with zero attached hydrogens (tertiary/aromatic N) is 2. The van der Waals surface area contributed by atoms with Crippen molar-refractivity contribution >= 4 is 11.3 Å². The Morgan fingerprint density at radius 2 is 1.95 bits per heavy atom. The van der Waals surface area contributed by atoms with Crippen LogP contribution in [0.1, 0.15) is 23.4 Å². The van der Waals surface area contributed by atoms with Gasteiger partial charge in [0, 0.05) is 17.5 Å². The van der Waals surface area contributed by atoms with Gasteiger partial charge in [0.2, 0.25) is 11.8 Å². The van der Waals surface area contributed by atoms with Crippen LogP contribution in [0, 0.1) is 0 Å². The molecule has 5 nitrogen and oxygen atoms in total. The lowest BCUT2D eigenvalue weighted by molar-refractivity contribution is 0.357. The van der Waals surface area contributed by atoms with Gasteiger partial charge < -0.3 is 14.8 Å². The van der Waals surface area contributed by atoms with Gasteiger partial charge in [0.15, 0.2) is 0 Å². The Bertz CT molecular complexity index is 494. The Morgan fingerprint density at radius 3 is 2.47 bits per heavy atom. The molecule has 0 spiro atoms. The zero-order valence-electron chi connectivity index (χ0n) is 11.2. The number of rotatable bonds is 6. The maximum atomic E-state index is 5.24. The Kier molecular flexibility index (Phi) is 4.70. The first kappa shape index (κ1) is 13.8. The van der Waals surface area contributed by atoms with Crippen molar-refractivity contribution in [3.8, 4) is 11.8 Å². The van der Waals surface area contributed by atoms with Crippen LogP contribution in [0.5, 0.6) is 11.8 Å². The first-order chi connectivity index (χ1) is 9.26. The lowest BCUT2D eigenvalue weighted by atomic mass is 10.2. The molecule has 19 heavy (non-hydrogen) atoms. The van der Waals surface area contributed by atoms with Crippen molar-refractivity contribution in [1.29, 1.82) is 0 Å². The number of nitrogens with one attached hydrogen (secondary N) is 1. The van der Waals surface area contributed by atoms with Gasteiger partial charge in [-0.1, -0.05) is 6.07 Å². The maximum absolute atomic E-state index is 5.24. The smallest absolute Gasteiger partial charge is 0.224 e. The minimum Gasteiger partial charge on any atom is -0.481 e. The number of methoxy groups -OCH3 is 2. The van der Waals surface area contributed by atoms with Crippen molar-refractivity contribution in [2.75, 3.05) is 14.2 Å². The van der Waals surface area contributed by atoms with E-state index in [0.717, 1.165) is 5.56 Å². The van der Waals surface area contributed by atoms with Gasteiger partial charge >= 0.3 is 0 Å². The van der Waals surface area contributed by atoms with Crippen LogP contribution in [0.25, 0.3) is 0 Å². The van der Waals surface area contributed by atoms with Crippen molar-refractivity contribution < 1.29 is 9.47 Å². The molecule has 0 radical (unpaired) electrons. The third-order valence-electron chi connectivity index (χ3n) is 2.81. The van der Waals surface area contributed by atoms with Crippen LogP contribution in [-0.2, 0) is 6.54 Å². The highest BCUT2D eigenvalue weighted by Crippen LogP contribution is 2.25. The highest BCUT2D eigenvalue weighted by molar-refractivity contribution is 7.10. The summed E-state index contributed by atoms with van der Waals surface area (Å²) < 4.78 is 10.5. The molecule has 0 bridgehead atoms. The average Bonchev–Trinajstić information content (AvgIpc) is 2.98. The zero-order valence-corrected chi connectivity index (χ0v) is 12.0. The third-order valence-corrected chi connectivity index (χ3v) is 3.86. The van der Waals surface area contributed by atoms with Gasteiger partial charge in [-0.05, 0) is 18.4 Å². The number of aromatic nitrogens is 2. The summed E-state index contributed by atoms with van der Waals surface area (Å²) in [6, 6.07) is 4.41. The van der Waals surface area contributed by atoms with Crippen LogP contribution >= 0.6 is 11.3 Å². The first-order valence-corrected chi connectivity index (χ1v) is 6.82. The molecule has 0 saturated carbocycles. The predicted octanol–water partition coefficient (Wildman–Crippen LogP) is 2.41. The van der Waals surface area contributed by atoms with Crippen molar-refractivity contribution in [3.05, 3.63) is 34.3 Å². The van der Waals surface area contributed by atoms with Crippen molar-refractivity contribution in [1.82, 2.24) is 15.3 Å². The summed E-state index contributed by atoms with van der Waals surface area (Å²) in [5.41, 5.74) is 0.830. The zero-order chi connectivity index (χ0) is 13.7. The summed E-state index contributed by atoms with van der Waals surface area (Å²) in [5, 5.41) is 5.49. The lowest BCUT2D eigenvalue weighted by Crippen LogP contribution is -2.18. The third kappa shape index (κ3) is 3.21. The molecule has 0 amide bonds. The van der Waals surface area contributed by atoms with Crippen molar-refractivity contribution in [3.63, 3.8) is 0 Å². The minimum atomic E-state index is 0.259. The summed E-state index contributed by atoms with van der Waals surface area (Å²) >= 11 is 1.73.